The fourth-order valence-electron chi connectivity index (χ4n) is 4.94. The Kier molecular flexibility index (Phi) is 6.83. The number of oxazole rings is 1. The van der Waals surface area contributed by atoms with Gasteiger partial charge in [-0.1, -0.05) is 6.07 Å². The molecule has 1 aromatic carbocycles. The third-order valence-electron chi connectivity index (χ3n) is 6.52. The number of piperazine rings is 1. The minimum absolute atomic E-state index is 0.0109. The molecule has 2 bridgehead atoms. The molecule has 9 nitrogen and oxygen atoms in total. The minimum atomic E-state index is -4.76. The van der Waals surface area contributed by atoms with E-state index in [2.05, 4.69) is 9.97 Å². The number of hydrogen-bond acceptors (Lipinski definition) is 9. The summed E-state index contributed by atoms with van der Waals surface area (Å²) >= 11 is 1.35. The topological polar surface area (TPSA) is 101 Å². The number of amides is 1. The first-order valence-corrected chi connectivity index (χ1v) is 13.5. The molecule has 3 atom stereocenters. The molecule has 0 aliphatic carbocycles. The minimum Gasteiger partial charge on any atom is -0.444 e. The maximum atomic E-state index is 14.2. The molecular weight excluding hydrogens is 537 g/mol. The van der Waals surface area contributed by atoms with Crippen LogP contribution in [0.1, 0.15) is 52.7 Å². The highest BCUT2D eigenvalue weighted by molar-refractivity contribution is 7.07. The fourth-order valence-corrected chi connectivity index (χ4v) is 5.49. The van der Waals surface area contributed by atoms with Crippen molar-refractivity contribution in [1.82, 2.24) is 14.9 Å². The van der Waals surface area contributed by atoms with E-state index in [1.165, 1.54) is 37.3 Å². The van der Waals surface area contributed by atoms with Crippen LogP contribution in [0, 0.1) is 0 Å². The maximum Gasteiger partial charge on any atom is 0.418 e. The molecule has 3 saturated heterocycles. The summed E-state index contributed by atoms with van der Waals surface area (Å²) in [5.74, 6) is 0. The zero-order valence-corrected chi connectivity index (χ0v) is 23.1. The number of benzene rings is 1. The van der Waals surface area contributed by atoms with Gasteiger partial charge in [-0.05, 0) is 47.1 Å². The van der Waals surface area contributed by atoms with Gasteiger partial charge in [-0.15, -0.1) is 11.3 Å². The first-order chi connectivity index (χ1) is 18.1. The Balaban J connectivity index is 1.50. The van der Waals surface area contributed by atoms with Gasteiger partial charge in [-0.2, -0.15) is 18.2 Å². The number of rotatable bonds is 6. The average Bonchev–Trinajstić information content (AvgIpc) is 3.47. The van der Waals surface area contributed by atoms with Crippen LogP contribution in [0.5, 0.6) is 0 Å². The van der Waals surface area contributed by atoms with Gasteiger partial charge in [0.1, 0.15) is 11.1 Å². The monoisotopic (exact) mass is 568 g/mol. The third kappa shape index (κ3) is 5.71. The molecule has 0 radical (unpaired) electrons. The first-order valence-electron chi connectivity index (χ1n) is 12.6. The number of halogens is 3. The molecule has 6 rings (SSSR count). The van der Waals surface area contributed by atoms with E-state index in [-0.39, 0.29) is 40.9 Å². The van der Waals surface area contributed by atoms with Crippen LogP contribution in [-0.2, 0) is 9.47 Å². The lowest BCUT2D eigenvalue weighted by molar-refractivity contribution is -0.233. The fraction of sp³-hybridized carbons (Fsp3) is 0.577. The number of aromatic nitrogens is 2. The van der Waals surface area contributed by atoms with Gasteiger partial charge in [0.25, 0.3) is 6.01 Å². The van der Waals surface area contributed by atoms with Crippen LogP contribution >= 0.6 is 11.3 Å². The van der Waals surface area contributed by atoms with Crippen molar-refractivity contribution in [3.05, 3.63) is 28.6 Å². The largest absolute Gasteiger partial charge is 0.444 e. The molecule has 0 saturated carbocycles. The van der Waals surface area contributed by atoms with Crippen molar-refractivity contribution in [2.45, 2.75) is 76.6 Å². The maximum absolute atomic E-state index is 14.2. The number of anilines is 1. The van der Waals surface area contributed by atoms with E-state index in [0.29, 0.717) is 24.3 Å². The van der Waals surface area contributed by atoms with Crippen LogP contribution in [0.3, 0.4) is 0 Å². The van der Waals surface area contributed by atoms with E-state index in [1.54, 1.807) is 15.8 Å². The second kappa shape index (κ2) is 9.63. The summed E-state index contributed by atoms with van der Waals surface area (Å²) in [7, 11) is 0. The molecule has 39 heavy (non-hydrogen) atoms. The number of carbonyl (C=O) groups excluding carboxylic acids is 1. The molecule has 1 amide bonds. The van der Waals surface area contributed by atoms with Gasteiger partial charge in [0, 0.05) is 29.6 Å². The highest BCUT2D eigenvalue weighted by Crippen LogP contribution is 2.44. The highest BCUT2D eigenvalue weighted by Gasteiger charge is 2.50. The zero-order valence-electron chi connectivity index (χ0n) is 22.3. The van der Waals surface area contributed by atoms with Crippen molar-refractivity contribution in [1.29, 1.82) is 0 Å². The van der Waals surface area contributed by atoms with Crippen LogP contribution < -0.4 is 4.90 Å². The zero-order chi connectivity index (χ0) is 28.3. The van der Waals surface area contributed by atoms with Crippen molar-refractivity contribution in [2.75, 3.05) is 24.6 Å². The molecule has 2 aromatic heterocycles. The Hall–Kier alpha value is -2.90. The lowest BCUT2D eigenvalue weighted by Crippen LogP contribution is -2.70. The molecule has 3 unspecified atom stereocenters. The molecule has 3 aliphatic rings. The second-order valence-electron chi connectivity index (χ2n) is 11.6. The number of piperidine rings is 1. The summed E-state index contributed by atoms with van der Waals surface area (Å²) in [5, 5.41) is 11.8. The predicted octanol–water partition coefficient (Wildman–Crippen LogP) is 5.54. The molecule has 1 N–H and O–H groups in total. The number of hydrogen-bond donors (Lipinski definition) is 1. The molecule has 13 heteroatoms. The Morgan fingerprint density at radius 3 is 2.46 bits per heavy atom. The van der Waals surface area contributed by atoms with E-state index in [4.69, 9.17) is 13.9 Å². The van der Waals surface area contributed by atoms with E-state index >= 15 is 0 Å². The van der Waals surface area contributed by atoms with Gasteiger partial charge in [0.05, 0.1) is 35.5 Å². The Labute approximate surface area is 227 Å². The second-order valence-corrected chi connectivity index (χ2v) is 12.3. The van der Waals surface area contributed by atoms with E-state index in [9.17, 15) is 23.1 Å². The Bertz CT molecular complexity index is 1330. The number of ether oxygens (including phenoxy) is 2. The van der Waals surface area contributed by atoms with Gasteiger partial charge in [-0.25, -0.2) is 9.78 Å². The summed E-state index contributed by atoms with van der Waals surface area (Å²) in [4.78, 5) is 25.0. The molecular formula is C26H31F3N4O5S. The summed E-state index contributed by atoms with van der Waals surface area (Å²) < 4.78 is 59.5. The van der Waals surface area contributed by atoms with Crippen molar-refractivity contribution in [3.63, 3.8) is 0 Å². The van der Waals surface area contributed by atoms with E-state index in [0.717, 1.165) is 6.42 Å². The Morgan fingerprint density at radius 2 is 1.90 bits per heavy atom. The number of carbonyl (C=O) groups is 1. The molecule has 3 fully saturated rings. The number of alkyl halides is 3. The van der Waals surface area contributed by atoms with Crippen LogP contribution in [0.4, 0.5) is 24.0 Å². The van der Waals surface area contributed by atoms with Gasteiger partial charge in [-0.3, -0.25) is 4.90 Å². The summed E-state index contributed by atoms with van der Waals surface area (Å²) in [6.45, 7) is 8.44. The molecule has 212 valence electrons. The van der Waals surface area contributed by atoms with Crippen LogP contribution in [0.25, 0.3) is 22.4 Å². The van der Waals surface area contributed by atoms with E-state index in [1.807, 2.05) is 25.7 Å². The van der Waals surface area contributed by atoms with Crippen LogP contribution in [0.2, 0.25) is 0 Å². The van der Waals surface area contributed by atoms with Crippen molar-refractivity contribution < 1.29 is 37.0 Å². The molecule has 3 aliphatic heterocycles. The molecule has 3 aromatic rings. The third-order valence-corrected chi connectivity index (χ3v) is 7.11. The van der Waals surface area contributed by atoms with Gasteiger partial charge in [0.2, 0.25) is 0 Å². The number of fused-ring (bicyclic) bond motifs is 3. The van der Waals surface area contributed by atoms with Crippen molar-refractivity contribution in [3.8, 4) is 11.3 Å². The summed E-state index contributed by atoms with van der Waals surface area (Å²) in [6.07, 6.45) is -6.68. The lowest BCUT2D eigenvalue weighted by atomic mass is 9.88. The predicted molar refractivity (Wildman–Crippen MR) is 139 cm³/mol. The lowest BCUT2D eigenvalue weighted by Gasteiger charge is -2.55. The first kappa shape index (κ1) is 27.7. The summed E-state index contributed by atoms with van der Waals surface area (Å²) in [6, 6.07) is 2.76. The van der Waals surface area contributed by atoms with Crippen LogP contribution in [-0.4, -0.2) is 75.2 Å². The molecule has 0 spiro atoms. The van der Waals surface area contributed by atoms with E-state index < -0.39 is 30.1 Å². The van der Waals surface area contributed by atoms with Crippen molar-refractivity contribution >= 4 is 34.5 Å². The van der Waals surface area contributed by atoms with Gasteiger partial charge >= 0.3 is 12.3 Å². The van der Waals surface area contributed by atoms with Crippen molar-refractivity contribution in [2.24, 2.45) is 0 Å². The standard InChI is InChI=1S/C26H31F3N4O5S/c1-24(2,3)38-23(34)33-14-8-15(33)10-32(9-14)22-31-19-17(21(26(27,28)29)36-12-25(4,5)35)7-6-16(20(19)37-22)18-11-39-13-30-18/h6-7,11,13-15,21,35H,8-10,12H2,1-5H3. The normalized spacial score (nSPS) is 20.7. The van der Waals surface area contributed by atoms with Crippen LogP contribution in [0.15, 0.2) is 27.4 Å². The smallest absolute Gasteiger partial charge is 0.418 e. The van der Waals surface area contributed by atoms with Gasteiger partial charge in [0.15, 0.2) is 11.7 Å². The molecule has 5 heterocycles. The number of aliphatic hydroxyl groups is 1. The summed E-state index contributed by atoms with van der Waals surface area (Å²) in [5.41, 5.74) is 0.565. The Morgan fingerprint density at radius 1 is 1.21 bits per heavy atom. The highest BCUT2D eigenvalue weighted by atomic mass is 32.1. The number of thiazole rings is 1. The SMILES string of the molecule is CC(C)(O)COC(c1ccc(-c2cscn2)c2oc(N3CC4CC(C3)N4C(=O)OC(C)(C)C)nc12)C(F)(F)F. The quantitative estimate of drug-likeness (QED) is 0.414. The van der Waals surface area contributed by atoms with Gasteiger partial charge < -0.3 is 23.9 Å². The average molecular weight is 569 g/mol. The number of nitrogens with zero attached hydrogens (tertiary/aromatic N) is 4.